The molecular formula is C17H19BrN2O5. The van der Waals surface area contributed by atoms with Gasteiger partial charge in [0.05, 0.1) is 17.9 Å². The fourth-order valence-corrected chi connectivity index (χ4v) is 3.61. The Bertz CT molecular complexity index is 697. The topological polar surface area (TPSA) is 92.8 Å². The molecular weight excluding hydrogens is 392 g/mol. The van der Waals surface area contributed by atoms with Gasteiger partial charge in [0.15, 0.2) is 0 Å². The molecule has 3 aliphatic rings. The van der Waals surface area contributed by atoms with Crippen molar-refractivity contribution in [3.8, 4) is 0 Å². The zero-order chi connectivity index (χ0) is 18.0. The number of allylic oxidation sites excluding steroid dienone is 1. The van der Waals surface area contributed by atoms with Crippen LogP contribution in [0.25, 0.3) is 0 Å². The number of alkyl halides is 1. The summed E-state index contributed by atoms with van der Waals surface area (Å²) in [5.74, 6) is -1.18. The zero-order valence-electron chi connectivity index (χ0n) is 13.7. The summed E-state index contributed by atoms with van der Waals surface area (Å²) < 4.78 is 5.69. The van der Waals surface area contributed by atoms with Gasteiger partial charge in [-0.2, -0.15) is 0 Å². The summed E-state index contributed by atoms with van der Waals surface area (Å²) in [4.78, 5) is 49.6. The number of unbranched alkanes of at least 4 members (excludes halogenated alkanes) is 1. The van der Waals surface area contributed by atoms with Gasteiger partial charge in [-0.05, 0) is 31.8 Å². The molecule has 4 amide bonds. The average Bonchev–Trinajstić information content (AvgIpc) is 2.83. The fraction of sp³-hybridized carbons (Fsp3) is 0.529. The van der Waals surface area contributed by atoms with Gasteiger partial charge in [-0.1, -0.05) is 15.9 Å². The Morgan fingerprint density at radius 3 is 2.64 bits per heavy atom. The lowest BCUT2D eigenvalue weighted by Crippen LogP contribution is -2.54. The third-order valence-electron chi connectivity index (χ3n) is 4.52. The number of halogens is 1. The van der Waals surface area contributed by atoms with Crippen molar-refractivity contribution in [1.82, 2.24) is 10.2 Å². The van der Waals surface area contributed by atoms with Crippen molar-refractivity contribution in [2.24, 2.45) is 0 Å². The number of nitrogens with zero attached hydrogens (tertiary/aromatic N) is 1. The number of hydrogen-bond acceptors (Lipinski definition) is 5. The van der Waals surface area contributed by atoms with E-state index in [1.807, 2.05) is 0 Å². The summed E-state index contributed by atoms with van der Waals surface area (Å²) in [7, 11) is 0. The Balaban J connectivity index is 1.72. The van der Waals surface area contributed by atoms with Gasteiger partial charge in [-0.25, -0.2) is 0 Å². The highest BCUT2D eigenvalue weighted by molar-refractivity contribution is 9.09. The van der Waals surface area contributed by atoms with Crippen molar-refractivity contribution >= 4 is 39.6 Å². The predicted molar refractivity (Wildman–Crippen MR) is 91.3 cm³/mol. The van der Waals surface area contributed by atoms with E-state index in [0.717, 1.165) is 23.1 Å². The maximum absolute atomic E-state index is 12.7. The molecule has 1 saturated heterocycles. The van der Waals surface area contributed by atoms with Crippen LogP contribution in [-0.4, -0.2) is 46.5 Å². The summed E-state index contributed by atoms with van der Waals surface area (Å²) in [5, 5.41) is 3.11. The highest BCUT2D eigenvalue weighted by Gasteiger charge is 2.46. The number of carbonyl (C=O) groups excluding carboxylic acids is 4. The standard InChI is InChI=1S/C17H19BrN2O5/c18-7-1-2-8-25-10-3-4-11-12(9-10)17(24)20(16(11)23)13-5-6-14(21)19-15(13)22/h9,13H,1-8H2,(H,19,21,22). The third-order valence-corrected chi connectivity index (χ3v) is 5.08. The van der Waals surface area contributed by atoms with Crippen LogP contribution >= 0.6 is 15.9 Å². The normalized spacial score (nSPS) is 23.6. The van der Waals surface area contributed by atoms with Crippen molar-refractivity contribution in [3.63, 3.8) is 0 Å². The molecule has 3 rings (SSSR count). The number of ether oxygens (including phenoxy) is 1. The van der Waals surface area contributed by atoms with Crippen molar-refractivity contribution < 1.29 is 23.9 Å². The molecule has 7 nitrogen and oxygen atoms in total. The van der Waals surface area contributed by atoms with E-state index in [0.29, 0.717) is 36.4 Å². The highest BCUT2D eigenvalue weighted by Crippen LogP contribution is 2.34. The first-order valence-electron chi connectivity index (χ1n) is 8.37. The van der Waals surface area contributed by atoms with E-state index >= 15 is 0 Å². The molecule has 0 aromatic heterocycles. The van der Waals surface area contributed by atoms with E-state index < -0.39 is 23.8 Å². The second-order valence-corrected chi connectivity index (χ2v) is 6.99. The summed E-state index contributed by atoms with van der Waals surface area (Å²) in [6.45, 7) is 0.568. The van der Waals surface area contributed by atoms with E-state index in [2.05, 4.69) is 21.2 Å². The summed E-state index contributed by atoms with van der Waals surface area (Å²) in [6, 6.07) is -0.917. The molecule has 25 heavy (non-hydrogen) atoms. The Morgan fingerprint density at radius 2 is 1.92 bits per heavy atom. The van der Waals surface area contributed by atoms with Crippen LogP contribution in [0.4, 0.5) is 0 Å². The first-order chi connectivity index (χ1) is 12.0. The van der Waals surface area contributed by atoms with Gasteiger partial charge in [-0.15, -0.1) is 0 Å². The largest absolute Gasteiger partial charge is 0.498 e. The van der Waals surface area contributed by atoms with Gasteiger partial charge in [0.1, 0.15) is 6.04 Å². The molecule has 1 atom stereocenters. The van der Waals surface area contributed by atoms with E-state index in [1.165, 1.54) is 0 Å². The third kappa shape index (κ3) is 3.53. The van der Waals surface area contributed by atoms with Crippen LogP contribution in [-0.2, 0) is 23.9 Å². The van der Waals surface area contributed by atoms with Crippen molar-refractivity contribution in [2.75, 3.05) is 11.9 Å². The monoisotopic (exact) mass is 410 g/mol. The fourth-order valence-electron chi connectivity index (χ4n) is 3.21. The summed E-state index contributed by atoms with van der Waals surface area (Å²) in [6.07, 6.45) is 4.81. The average molecular weight is 411 g/mol. The minimum Gasteiger partial charge on any atom is -0.498 e. The lowest BCUT2D eigenvalue weighted by molar-refractivity contribution is -0.150. The Labute approximate surface area is 153 Å². The molecule has 1 N–H and O–H groups in total. The number of carbonyl (C=O) groups is 4. The SMILES string of the molecule is O=C1CCC(N2C(=O)C3=C(CCC(OCCCCBr)=C3)C2=O)C(=O)N1. The van der Waals surface area contributed by atoms with Crippen molar-refractivity contribution in [2.45, 2.75) is 44.6 Å². The number of hydrogen-bond donors (Lipinski definition) is 1. The Kier molecular flexibility index (Phi) is 5.36. The molecule has 8 heteroatoms. The molecule has 0 radical (unpaired) electrons. The zero-order valence-corrected chi connectivity index (χ0v) is 15.3. The number of imide groups is 2. The number of amides is 4. The van der Waals surface area contributed by atoms with Gasteiger partial charge in [0, 0.05) is 23.7 Å². The molecule has 2 heterocycles. The van der Waals surface area contributed by atoms with Crippen LogP contribution in [0.3, 0.4) is 0 Å². The number of rotatable bonds is 6. The van der Waals surface area contributed by atoms with Crippen LogP contribution in [0.5, 0.6) is 0 Å². The van der Waals surface area contributed by atoms with Crippen molar-refractivity contribution in [3.05, 3.63) is 23.0 Å². The minimum absolute atomic E-state index is 0.121. The molecule has 2 aliphatic heterocycles. The molecule has 1 unspecified atom stereocenters. The molecule has 0 spiro atoms. The van der Waals surface area contributed by atoms with E-state index in [-0.39, 0.29) is 18.7 Å². The highest BCUT2D eigenvalue weighted by atomic mass is 79.9. The molecule has 0 saturated carbocycles. The van der Waals surface area contributed by atoms with Gasteiger partial charge in [-0.3, -0.25) is 29.4 Å². The smallest absolute Gasteiger partial charge is 0.262 e. The van der Waals surface area contributed by atoms with Crippen LogP contribution in [0.1, 0.15) is 38.5 Å². The van der Waals surface area contributed by atoms with E-state index in [9.17, 15) is 19.2 Å². The molecule has 1 fully saturated rings. The predicted octanol–water partition coefficient (Wildman–Crippen LogP) is 1.33. The second-order valence-electron chi connectivity index (χ2n) is 6.19. The second kappa shape index (κ2) is 7.51. The van der Waals surface area contributed by atoms with Crippen molar-refractivity contribution in [1.29, 1.82) is 0 Å². The molecule has 0 bridgehead atoms. The minimum atomic E-state index is -0.917. The Hall–Kier alpha value is -1.96. The first-order valence-corrected chi connectivity index (χ1v) is 9.49. The molecule has 0 aromatic carbocycles. The maximum atomic E-state index is 12.7. The molecule has 134 valence electrons. The number of nitrogens with one attached hydrogen (secondary N) is 1. The summed E-state index contributed by atoms with van der Waals surface area (Å²) in [5.41, 5.74) is 0.749. The van der Waals surface area contributed by atoms with Crippen LogP contribution < -0.4 is 5.32 Å². The maximum Gasteiger partial charge on any atom is 0.262 e. The first kappa shape index (κ1) is 17.8. The quantitative estimate of drug-likeness (QED) is 0.405. The summed E-state index contributed by atoms with van der Waals surface area (Å²) >= 11 is 3.36. The molecule has 1 aliphatic carbocycles. The lowest BCUT2D eigenvalue weighted by atomic mass is 9.98. The van der Waals surface area contributed by atoms with Crippen LogP contribution in [0.15, 0.2) is 23.0 Å². The van der Waals surface area contributed by atoms with Gasteiger partial charge < -0.3 is 4.74 Å². The van der Waals surface area contributed by atoms with Gasteiger partial charge in [0.2, 0.25) is 11.8 Å². The molecule has 0 aromatic rings. The van der Waals surface area contributed by atoms with Gasteiger partial charge in [0.25, 0.3) is 11.8 Å². The van der Waals surface area contributed by atoms with Crippen LogP contribution in [0, 0.1) is 0 Å². The van der Waals surface area contributed by atoms with E-state index in [1.54, 1.807) is 6.08 Å². The lowest BCUT2D eigenvalue weighted by Gasteiger charge is -2.28. The number of piperidine rings is 1. The Morgan fingerprint density at radius 1 is 1.12 bits per heavy atom. The van der Waals surface area contributed by atoms with E-state index in [4.69, 9.17) is 4.74 Å². The van der Waals surface area contributed by atoms with Gasteiger partial charge >= 0.3 is 0 Å². The van der Waals surface area contributed by atoms with Crippen LogP contribution in [0.2, 0.25) is 0 Å².